The van der Waals surface area contributed by atoms with E-state index < -0.39 is 11.7 Å². The van der Waals surface area contributed by atoms with Gasteiger partial charge in [0.15, 0.2) is 0 Å². The van der Waals surface area contributed by atoms with Gasteiger partial charge in [-0.2, -0.15) is 0 Å². The fraction of sp³-hybridized carbons (Fsp3) is 0.500. The third-order valence-electron chi connectivity index (χ3n) is 5.29. The van der Waals surface area contributed by atoms with E-state index in [1.54, 1.807) is 16.0 Å². The first-order valence-electron chi connectivity index (χ1n) is 11.6. The number of hydrogen-bond donors (Lipinski definition) is 0. The summed E-state index contributed by atoms with van der Waals surface area (Å²) in [5.74, 6) is 0.793. The van der Waals surface area contributed by atoms with Crippen molar-refractivity contribution in [3.05, 3.63) is 59.8 Å². The third kappa shape index (κ3) is 6.94. The lowest BCUT2D eigenvalue weighted by Gasteiger charge is -2.28. The Morgan fingerprint density at radius 2 is 1.88 bits per heavy atom. The van der Waals surface area contributed by atoms with Crippen molar-refractivity contribution in [3.8, 4) is 0 Å². The maximum Gasteiger partial charge on any atom is 0.416 e. The first-order valence-corrected chi connectivity index (χ1v) is 11.6. The second-order valence-corrected chi connectivity index (χ2v) is 9.83. The Morgan fingerprint density at radius 1 is 1.15 bits per heavy atom. The van der Waals surface area contributed by atoms with Gasteiger partial charge in [0.2, 0.25) is 0 Å². The van der Waals surface area contributed by atoms with Crippen LogP contribution in [-0.2, 0) is 16.1 Å². The number of hydrogen-bond acceptors (Lipinski definition) is 5. The minimum Gasteiger partial charge on any atom is -0.445 e. The van der Waals surface area contributed by atoms with Gasteiger partial charge in [0.1, 0.15) is 18.0 Å². The minimum atomic E-state index is -0.587. The molecule has 33 heavy (non-hydrogen) atoms. The molecule has 0 spiro atoms. The van der Waals surface area contributed by atoms with E-state index >= 15 is 0 Å². The number of carbonyl (C=O) groups excluding carboxylic acids is 2. The molecule has 1 saturated heterocycles. The summed E-state index contributed by atoms with van der Waals surface area (Å²) in [5.41, 5.74) is 1.30. The zero-order valence-corrected chi connectivity index (χ0v) is 20.3. The second kappa shape index (κ2) is 10.7. The fourth-order valence-electron chi connectivity index (χ4n) is 3.83. The molecule has 1 aliphatic heterocycles. The number of pyridine rings is 1. The average molecular weight is 454 g/mol. The number of carbonyl (C=O) groups is 2. The highest BCUT2D eigenvalue weighted by Gasteiger charge is 2.32. The van der Waals surface area contributed by atoms with Crippen LogP contribution in [0.2, 0.25) is 0 Å². The van der Waals surface area contributed by atoms with Crippen LogP contribution in [0.3, 0.4) is 0 Å². The summed E-state index contributed by atoms with van der Waals surface area (Å²) in [4.78, 5) is 33.4. The molecule has 0 radical (unpaired) electrons. The Kier molecular flexibility index (Phi) is 7.95. The molecule has 0 bridgehead atoms. The number of rotatable bonds is 6. The lowest BCUT2D eigenvalue weighted by atomic mass is 10.1. The first kappa shape index (κ1) is 24.6. The van der Waals surface area contributed by atoms with Crippen LogP contribution in [0, 0.1) is 5.92 Å². The van der Waals surface area contributed by atoms with Gasteiger partial charge in [-0.15, -0.1) is 0 Å². The first-order chi connectivity index (χ1) is 15.6. The molecule has 2 amide bonds. The van der Waals surface area contributed by atoms with Crippen molar-refractivity contribution in [3.63, 3.8) is 0 Å². The molecule has 2 heterocycles. The molecule has 3 rings (SSSR count). The summed E-state index contributed by atoms with van der Waals surface area (Å²) in [5, 5.41) is 0. The molecule has 0 aliphatic carbocycles. The molecular weight excluding hydrogens is 418 g/mol. The highest BCUT2D eigenvalue weighted by Crippen LogP contribution is 2.33. The van der Waals surface area contributed by atoms with Gasteiger partial charge in [0.05, 0.1) is 6.04 Å². The number of aromatic nitrogens is 1. The molecule has 178 valence electrons. The Morgan fingerprint density at radius 3 is 2.48 bits per heavy atom. The summed E-state index contributed by atoms with van der Waals surface area (Å²) in [6.07, 6.45) is 2.78. The average Bonchev–Trinajstić information content (AvgIpc) is 3.25. The Hall–Kier alpha value is -3.09. The predicted octanol–water partition coefficient (Wildman–Crippen LogP) is 5.95. The monoisotopic (exact) mass is 453 g/mol. The van der Waals surface area contributed by atoms with Crippen molar-refractivity contribution in [2.75, 3.05) is 18.0 Å². The molecule has 7 heteroatoms. The number of likely N-dealkylation sites (tertiary alicyclic amines) is 1. The van der Waals surface area contributed by atoms with E-state index in [0.29, 0.717) is 18.9 Å². The van der Waals surface area contributed by atoms with E-state index in [2.05, 4.69) is 4.98 Å². The van der Waals surface area contributed by atoms with E-state index in [0.717, 1.165) is 24.0 Å². The number of amides is 2. The van der Waals surface area contributed by atoms with E-state index in [1.807, 2.05) is 77.1 Å². The van der Waals surface area contributed by atoms with Crippen molar-refractivity contribution in [1.29, 1.82) is 0 Å². The maximum absolute atomic E-state index is 12.8. The van der Waals surface area contributed by atoms with Crippen LogP contribution < -0.4 is 4.90 Å². The van der Waals surface area contributed by atoms with Crippen LogP contribution in [0.25, 0.3) is 0 Å². The van der Waals surface area contributed by atoms with Crippen LogP contribution in [0.15, 0.2) is 48.7 Å². The standard InChI is InChI=1S/C26H35N3O4/c1-19(2)17-29(25(31)33-26(3,4)5)23-14-13-21(16-27-23)22-12-9-15-28(22)24(30)32-18-20-10-7-6-8-11-20/h6-8,10-11,13-14,16,19,22H,9,12,15,17-18H2,1-5H3/t22-/m0/s1. The maximum atomic E-state index is 12.8. The molecule has 2 aromatic rings. The van der Waals surface area contributed by atoms with Gasteiger partial charge in [-0.05, 0) is 56.7 Å². The zero-order chi connectivity index (χ0) is 24.0. The smallest absolute Gasteiger partial charge is 0.416 e. The molecule has 1 aliphatic rings. The fourth-order valence-corrected chi connectivity index (χ4v) is 3.83. The molecule has 1 fully saturated rings. The SMILES string of the molecule is CC(C)CN(C(=O)OC(C)(C)C)c1ccc([C@@H]2CCCN2C(=O)OCc2ccccc2)cn1. The van der Waals surface area contributed by atoms with Crippen LogP contribution in [0.1, 0.15) is 64.6 Å². The molecule has 0 N–H and O–H groups in total. The molecule has 1 aromatic heterocycles. The minimum absolute atomic E-state index is 0.0881. The predicted molar refractivity (Wildman–Crippen MR) is 128 cm³/mol. The third-order valence-corrected chi connectivity index (χ3v) is 5.29. The number of benzene rings is 1. The van der Waals surface area contributed by atoms with E-state index in [4.69, 9.17) is 9.47 Å². The van der Waals surface area contributed by atoms with Gasteiger partial charge in [0, 0.05) is 19.3 Å². The topological polar surface area (TPSA) is 72.0 Å². The lowest BCUT2D eigenvalue weighted by Crippen LogP contribution is -2.39. The molecule has 7 nitrogen and oxygen atoms in total. The molecule has 0 unspecified atom stereocenters. The van der Waals surface area contributed by atoms with E-state index in [9.17, 15) is 9.59 Å². The highest BCUT2D eigenvalue weighted by molar-refractivity contribution is 5.86. The van der Waals surface area contributed by atoms with Gasteiger partial charge in [0.25, 0.3) is 0 Å². The molecular formula is C26H35N3O4. The van der Waals surface area contributed by atoms with Crippen LogP contribution in [0.4, 0.5) is 15.4 Å². The Balaban J connectivity index is 1.70. The Labute approximate surface area is 196 Å². The van der Waals surface area contributed by atoms with Crippen LogP contribution >= 0.6 is 0 Å². The summed E-state index contributed by atoms with van der Waals surface area (Å²) in [7, 11) is 0. The zero-order valence-electron chi connectivity index (χ0n) is 20.3. The quantitative estimate of drug-likeness (QED) is 0.540. The van der Waals surface area contributed by atoms with Gasteiger partial charge in [-0.25, -0.2) is 14.6 Å². The summed E-state index contributed by atoms with van der Waals surface area (Å²) < 4.78 is 11.1. The Bertz CT molecular complexity index is 923. The number of anilines is 1. The van der Waals surface area contributed by atoms with E-state index in [-0.39, 0.29) is 24.7 Å². The largest absolute Gasteiger partial charge is 0.445 e. The normalized spacial score (nSPS) is 16.1. The van der Waals surface area contributed by atoms with E-state index in [1.165, 1.54) is 0 Å². The number of nitrogens with zero attached hydrogens (tertiary/aromatic N) is 3. The van der Waals surface area contributed by atoms with Gasteiger partial charge >= 0.3 is 12.2 Å². The lowest BCUT2D eigenvalue weighted by molar-refractivity contribution is 0.0575. The van der Waals surface area contributed by atoms with Crippen LogP contribution in [0.5, 0.6) is 0 Å². The van der Waals surface area contributed by atoms with Crippen LogP contribution in [-0.4, -0.2) is 40.8 Å². The molecule has 1 aromatic carbocycles. The van der Waals surface area contributed by atoms with Crippen molar-refractivity contribution < 1.29 is 19.1 Å². The van der Waals surface area contributed by atoms with Gasteiger partial charge in [-0.3, -0.25) is 4.90 Å². The second-order valence-electron chi connectivity index (χ2n) is 9.83. The summed E-state index contributed by atoms with van der Waals surface area (Å²) in [6.45, 7) is 11.0. The van der Waals surface area contributed by atoms with Crippen molar-refractivity contribution in [2.24, 2.45) is 5.92 Å². The summed E-state index contributed by atoms with van der Waals surface area (Å²) >= 11 is 0. The van der Waals surface area contributed by atoms with Gasteiger partial charge < -0.3 is 14.4 Å². The van der Waals surface area contributed by atoms with Crippen molar-refractivity contribution in [1.82, 2.24) is 9.88 Å². The van der Waals surface area contributed by atoms with Gasteiger partial charge in [-0.1, -0.05) is 50.2 Å². The van der Waals surface area contributed by atoms with Crippen molar-refractivity contribution >= 4 is 18.0 Å². The molecule has 0 saturated carbocycles. The summed E-state index contributed by atoms with van der Waals surface area (Å²) in [6, 6.07) is 13.3. The van der Waals surface area contributed by atoms with Crippen molar-refractivity contribution in [2.45, 2.75) is 65.7 Å². The number of ether oxygens (including phenoxy) is 2. The highest BCUT2D eigenvalue weighted by atomic mass is 16.6. The molecule has 1 atom stereocenters.